The molecule has 106 valence electrons. The number of likely N-dealkylation sites (N-methyl/N-ethyl adjacent to an activating group) is 1. The van der Waals surface area contributed by atoms with E-state index in [1.165, 1.54) is 6.07 Å². The largest absolute Gasteiger partial charge is 0.316 e. The van der Waals surface area contributed by atoms with E-state index >= 15 is 0 Å². The first kappa shape index (κ1) is 15.3. The molecule has 1 unspecified atom stereocenters. The summed E-state index contributed by atoms with van der Waals surface area (Å²) in [6, 6.07) is 12.3. The van der Waals surface area contributed by atoms with E-state index in [1.807, 2.05) is 31.3 Å². The predicted octanol–water partition coefficient (Wildman–Crippen LogP) is 4.51. The van der Waals surface area contributed by atoms with Gasteiger partial charge in [0.1, 0.15) is 5.82 Å². The van der Waals surface area contributed by atoms with E-state index in [2.05, 4.69) is 5.32 Å². The minimum atomic E-state index is -0.215. The van der Waals surface area contributed by atoms with E-state index in [0.717, 1.165) is 17.5 Å². The first-order valence-electron chi connectivity index (χ1n) is 6.44. The molecule has 0 spiro atoms. The smallest absolute Gasteiger partial charge is 0.123 e. The fraction of sp³-hybridized carbons (Fsp3) is 0.250. The highest BCUT2D eigenvalue weighted by Gasteiger charge is 2.13. The minimum Gasteiger partial charge on any atom is -0.316 e. The maximum absolute atomic E-state index is 13.2. The lowest BCUT2D eigenvalue weighted by Crippen LogP contribution is -2.30. The SMILES string of the molecule is CNC(Cc1cccc(F)c1)Cc1c(Cl)cccc1Cl. The van der Waals surface area contributed by atoms with Crippen LogP contribution in [0.4, 0.5) is 4.39 Å². The van der Waals surface area contributed by atoms with Crippen LogP contribution >= 0.6 is 23.2 Å². The molecule has 0 saturated heterocycles. The van der Waals surface area contributed by atoms with Crippen molar-refractivity contribution < 1.29 is 4.39 Å². The molecule has 1 nitrogen and oxygen atoms in total. The topological polar surface area (TPSA) is 12.0 Å². The molecule has 0 fully saturated rings. The fourth-order valence-corrected chi connectivity index (χ4v) is 2.75. The van der Waals surface area contributed by atoms with Crippen molar-refractivity contribution in [1.29, 1.82) is 0 Å². The van der Waals surface area contributed by atoms with E-state index < -0.39 is 0 Å². The number of hydrogen-bond acceptors (Lipinski definition) is 1. The van der Waals surface area contributed by atoms with Gasteiger partial charge in [-0.05, 0) is 55.3 Å². The van der Waals surface area contributed by atoms with E-state index in [4.69, 9.17) is 23.2 Å². The Kier molecular flexibility index (Phi) is 5.41. The molecule has 1 N–H and O–H groups in total. The van der Waals surface area contributed by atoms with Crippen LogP contribution in [-0.2, 0) is 12.8 Å². The number of nitrogens with one attached hydrogen (secondary N) is 1. The highest BCUT2D eigenvalue weighted by atomic mass is 35.5. The predicted molar refractivity (Wildman–Crippen MR) is 83.1 cm³/mol. The zero-order valence-electron chi connectivity index (χ0n) is 11.2. The zero-order chi connectivity index (χ0) is 14.5. The summed E-state index contributed by atoms with van der Waals surface area (Å²) < 4.78 is 13.2. The second-order valence-electron chi connectivity index (χ2n) is 4.72. The van der Waals surface area contributed by atoms with Gasteiger partial charge in [-0.25, -0.2) is 4.39 Å². The molecule has 0 bridgehead atoms. The second-order valence-corrected chi connectivity index (χ2v) is 5.54. The Morgan fingerprint density at radius 2 is 1.70 bits per heavy atom. The quantitative estimate of drug-likeness (QED) is 0.857. The molecule has 2 aromatic carbocycles. The summed E-state index contributed by atoms with van der Waals surface area (Å²) in [5.41, 5.74) is 1.87. The first-order chi connectivity index (χ1) is 9.60. The Morgan fingerprint density at radius 1 is 1.05 bits per heavy atom. The van der Waals surface area contributed by atoms with Gasteiger partial charge in [0.05, 0.1) is 0 Å². The molecule has 0 aliphatic rings. The normalized spacial score (nSPS) is 12.4. The summed E-state index contributed by atoms with van der Waals surface area (Å²) >= 11 is 12.4. The summed E-state index contributed by atoms with van der Waals surface area (Å²) in [6.07, 6.45) is 1.42. The van der Waals surface area contributed by atoms with Crippen LogP contribution < -0.4 is 5.32 Å². The van der Waals surface area contributed by atoms with Crippen LogP contribution in [0.5, 0.6) is 0 Å². The van der Waals surface area contributed by atoms with Crippen molar-refractivity contribution in [1.82, 2.24) is 5.32 Å². The summed E-state index contributed by atoms with van der Waals surface area (Å²) in [5.74, 6) is -0.215. The molecule has 0 aromatic heterocycles. The summed E-state index contributed by atoms with van der Waals surface area (Å²) in [5, 5.41) is 4.56. The number of hydrogen-bond donors (Lipinski definition) is 1. The lowest BCUT2D eigenvalue weighted by Gasteiger charge is -2.18. The van der Waals surface area contributed by atoms with Gasteiger partial charge in [-0.3, -0.25) is 0 Å². The molecular weight excluding hydrogens is 296 g/mol. The van der Waals surface area contributed by atoms with Crippen LogP contribution in [0, 0.1) is 5.82 Å². The molecule has 2 aromatic rings. The van der Waals surface area contributed by atoms with Crippen LogP contribution in [-0.4, -0.2) is 13.1 Å². The van der Waals surface area contributed by atoms with Crippen molar-refractivity contribution >= 4 is 23.2 Å². The van der Waals surface area contributed by atoms with Crippen LogP contribution in [0.1, 0.15) is 11.1 Å². The van der Waals surface area contributed by atoms with Crippen LogP contribution in [0.15, 0.2) is 42.5 Å². The Morgan fingerprint density at radius 3 is 2.30 bits per heavy atom. The average molecular weight is 312 g/mol. The third-order valence-electron chi connectivity index (χ3n) is 3.29. The van der Waals surface area contributed by atoms with Crippen LogP contribution in [0.25, 0.3) is 0 Å². The van der Waals surface area contributed by atoms with E-state index in [0.29, 0.717) is 16.5 Å². The maximum Gasteiger partial charge on any atom is 0.123 e. The van der Waals surface area contributed by atoms with Crippen molar-refractivity contribution in [2.24, 2.45) is 0 Å². The lowest BCUT2D eigenvalue weighted by atomic mass is 9.99. The first-order valence-corrected chi connectivity index (χ1v) is 7.20. The monoisotopic (exact) mass is 311 g/mol. The molecule has 2 rings (SSSR count). The van der Waals surface area contributed by atoms with Gasteiger partial charge in [-0.2, -0.15) is 0 Å². The van der Waals surface area contributed by atoms with Crippen LogP contribution in [0.3, 0.4) is 0 Å². The number of benzene rings is 2. The van der Waals surface area contributed by atoms with Gasteiger partial charge in [-0.1, -0.05) is 41.4 Å². The number of halogens is 3. The third-order valence-corrected chi connectivity index (χ3v) is 4.00. The Bertz CT molecular complexity index is 566. The van der Waals surface area contributed by atoms with Gasteiger partial charge in [0.15, 0.2) is 0 Å². The molecule has 0 amide bonds. The van der Waals surface area contributed by atoms with Gasteiger partial charge >= 0.3 is 0 Å². The van der Waals surface area contributed by atoms with Crippen molar-refractivity contribution in [2.45, 2.75) is 18.9 Å². The second kappa shape index (κ2) is 7.07. The highest BCUT2D eigenvalue weighted by molar-refractivity contribution is 6.36. The minimum absolute atomic E-state index is 0.147. The molecule has 0 radical (unpaired) electrons. The molecule has 0 heterocycles. The average Bonchev–Trinajstić information content (AvgIpc) is 2.42. The van der Waals surface area contributed by atoms with Gasteiger partial charge in [0, 0.05) is 16.1 Å². The Labute approximate surface area is 128 Å². The van der Waals surface area contributed by atoms with Gasteiger partial charge in [0.2, 0.25) is 0 Å². The standard InChI is InChI=1S/C16H16Cl2FN/c1-20-13(9-11-4-2-5-12(19)8-11)10-14-15(17)6-3-7-16(14)18/h2-8,13,20H,9-10H2,1H3. The van der Waals surface area contributed by atoms with E-state index in [1.54, 1.807) is 12.1 Å². The molecule has 0 saturated carbocycles. The molecule has 0 aliphatic carbocycles. The van der Waals surface area contributed by atoms with Crippen LogP contribution in [0.2, 0.25) is 10.0 Å². The Hall–Kier alpha value is -1.09. The fourth-order valence-electron chi connectivity index (χ4n) is 2.20. The van der Waals surface area contributed by atoms with Gasteiger partial charge < -0.3 is 5.32 Å². The molecule has 0 aliphatic heterocycles. The molecule has 4 heteroatoms. The highest BCUT2D eigenvalue weighted by Crippen LogP contribution is 2.26. The summed E-state index contributed by atoms with van der Waals surface area (Å²) in [7, 11) is 1.88. The van der Waals surface area contributed by atoms with Gasteiger partial charge in [-0.15, -0.1) is 0 Å². The maximum atomic E-state index is 13.2. The number of rotatable bonds is 5. The summed E-state index contributed by atoms with van der Waals surface area (Å²) in [4.78, 5) is 0. The zero-order valence-corrected chi connectivity index (χ0v) is 12.7. The van der Waals surface area contributed by atoms with Gasteiger partial charge in [0.25, 0.3) is 0 Å². The summed E-state index contributed by atoms with van der Waals surface area (Å²) in [6.45, 7) is 0. The Balaban J connectivity index is 2.13. The molecular formula is C16H16Cl2FN. The lowest BCUT2D eigenvalue weighted by molar-refractivity contribution is 0.553. The third kappa shape index (κ3) is 3.95. The van der Waals surface area contributed by atoms with Crippen molar-refractivity contribution in [2.75, 3.05) is 7.05 Å². The van der Waals surface area contributed by atoms with E-state index in [-0.39, 0.29) is 11.9 Å². The molecule has 1 atom stereocenters. The van der Waals surface area contributed by atoms with E-state index in [9.17, 15) is 4.39 Å². The van der Waals surface area contributed by atoms with Crippen molar-refractivity contribution in [3.63, 3.8) is 0 Å². The van der Waals surface area contributed by atoms with Crippen molar-refractivity contribution in [3.8, 4) is 0 Å². The van der Waals surface area contributed by atoms with Crippen molar-refractivity contribution in [3.05, 3.63) is 69.5 Å². The molecule has 20 heavy (non-hydrogen) atoms.